The fraction of sp³-hybridized carbons (Fsp3) is 0.0800. The number of rotatable bonds is 7. The first-order chi connectivity index (χ1) is 15.9. The first kappa shape index (κ1) is 22.2. The van der Waals surface area contributed by atoms with Crippen LogP contribution in [-0.2, 0) is 10.0 Å². The van der Waals surface area contributed by atoms with Crippen molar-refractivity contribution in [3.8, 4) is 11.4 Å². The molecule has 0 aliphatic carbocycles. The minimum Gasteiger partial charge on any atom is -0.497 e. The molecule has 3 aromatic carbocycles. The number of nitrogens with one attached hydrogen (secondary N) is 1. The van der Waals surface area contributed by atoms with E-state index in [-0.39, 0.29) is 10.5 Å². The van der Waals surface area contributed by atoms with Crippen molar-refractivity contribution in [2.45, 2.75) is 4.90 Å². The highest BCUT2D eigenvalue weighted by molar-refractivity contribution is 7.92. The minimum absolute atomic E-state index is 0.0227. The minimum atomic E-state index is -3.87. The molecule has 1 N–H and O–H groups in total. The van der Waals surface area contributed by atoms with Crippen molar-refractivity contribution in [1.29, 1.82) is 0 Å². The summed E-state index contributed by atoms with van der Waals surface area (Å²) < 4.78 is 34.5. The van der Waals surface area contributed by atoms with Crippen LogP contribution >= 0.6 is 0 Å². The Morgan fingerprint density at radius 3 is 2.30 bits per heavy atom. The van der Waals surface area contributed by atoms with Gasteiger partial charge in [0.1, 0.15) is 5.75 Å². The van der Waals surface area contributed by atoms with E-state index in [1.165, 1.54) is 23.5 Å². The van der Waals surface area contributed by atoms with Crippen LogP contribution in [0, 0.1) is 0 Å². The Bertz CT molecular complexity index is 1370. The highest BCUT2D eigenvalue weighted by atomic mass is 32.2. The molecular formula is C25H23N3O4S. The van der Waals surface area contributed by atoms with Crippen LogP contribution in [0.3, 0.4) is 0 Å². The molecule has 0 saturated heterocycles. The summed E-state index contributed by atoms with van der Waals surface area (Å²) >= 11 is 0. The van der Waals surface area contributed by atoms with E-state index in [0.717, 1.165) is 5.69 Å². The molecule has 1 aromatic heterocycles. The van der Waals surface area contributed by atoms with Crippen molar-refractivity contribution in [2.24, 2.45) is 0 Å². The Hall–Kier alpha value is -4.04. The maximum Gasteiger partial charge on any atom is 0.264 e. The van der Waals surface area contributed by atoms with E-state index in [9.17, 15) is 13.2 Å². The largest absolute Gasteiger partial charge is 0.497 e. The number of nitrogens with zero attached hydrogens (tertiary/aromatic N) is 2. The van der Waals surface area contributed by atoms with Gasteiger partial charge in [-0.05, 0) is 72.8 Å². The second-order valence-electron chi connectivity index (χ2n) is 7.29. The molecule has 0 saturated carbocycles. The number of sulfonamides is 1. The van der Waals surface area contributed by atoms with E-state index >= 15 is 0 Å². The molecule has 4 rings (SSSR count). The summed E-state index contributed by atoms with van der Waals surface area (Å²) in [6.45, 7) is 0. The summed E-state index contributed by atoms with van der Waals surface area (Å²) in [7, 11) is -0.854. The lowest BCUT2D eigenvalue weighted by Crippen LogP contribution is -2.26. The molecule has 7 nitrogen and oxygen atoms in total. The van der Waals surface area contributed by atoms with Gasteiger partial charge in [-0.1, -0.05) is 12.1 Å². The topological polar surface area (TPSA) is 80.6 Å². The third-order valence-corrected chi connectivity index (χ3v) is 6.98. The first-order valence-electron chi connectivity index (χ1n) is 10.2. The Kier molecular flexibility index (Phi) is 6.19. The highest BCUT2D eigenvalue weighted by Gasteiger charge is 2.22. The second-order valence-corrected chi connectivity index (χ2v) is 9.26. The zero-order valence-corrected chi connectivity index (χ0v) is 19.0. The lowest BCUT2D eigenvalue weighted by atomic mass is 10.2. The van der Waals surface area contributed by atoms with Gasteiger partial charge in [0.05, 0.1) is 17.7 Å². The number of benzene rings is 3. The molecule has 0 aliphatic heterocycles. The number of hydrogen-bond acceptors (Lipinski definition) is 4. The number of anilines is 2. The van der Waals surface area contributed by atoms with E-state index in [1.807, 2.05) is 47.3 Å². The van der Waals surface area contributed by atoms with E-state index in [4.69, 9.17) is 4.74 Å². The summed E-state index contributed by atoms with van der Waals surface area (Å²) in [5, 5.41) is 2.84. The van der Waals surface area contributed by atoms with Gasteiger partial charge < -0.3 is 14.6 Å². The number of methoxy groups -OCH3 is 1. The monoisotopic (exact) mass is 461 g/mol. The van der Waals surface area contributed by atoms with E-state index in [1.54, 1.807) is 49.6 Å². The normalized spacial score (nSPS) is 11.1. The molecule has 0 atom stereocenters. The zero-order valence-electron chi connectivity index (χ0n) is 18.2. The van der Waals surface area contributed by atoms with Crippen LogP contribution in [0.5, 0.6) is 5.75 Å². The van der Waals surface area contributed by atoms with Gasteiger partial charge in [-0.3, -0.25) is 9.10 Å². The highest BCUT2D eigenvalue weighted by Crippen LogP contribution is 2.25. The first-order valence-corrected chi connectivity index (χ1v) is 11.6. The van der Waals surface area contributed by atoms with Crippen molar-refractivity contribution in [1.82, 2.24) is 4.57 Å². The fourth-order valence-corrected chi connectivity index (χ4v) is 4.58. The van der Waals surface area contributed by atoms with Crippen LogP contribution in [0.2, 0.25) is 0 Å². The predicted molar refractivity (Wildman–Crippen MR) is 129 cm³/mol. The molecular weight excluding hydrogens is 438 g/mol. The Morgan fingerprint density at radius 2 is 1.61 bits per heavy atom. The molecule has 0 fully saturated rings. The number of aromatic nitrogens is 1. The quantitative estimate of drug-likeness (QED) is 0.437. The molecule has 33 heavy (non-hydrogen) atoms. The molecule has 8 heteroatoms. The Balaban J connectivity index is 1.55. The van der Waals surface area contributed by atoms with Crippen LogP contribution < -0.4 is 14.4 Å². The van der Waals surface area contributed by atoms with Gasteiger partial charge in [0, 0.05) is 36.4 Å². The van der Waals surface area contributed by atoms with Gasteiger partial charge in [-0.2, -0.15) is 0 Å². The van der Waals surface area contributed by atoms with Crippen molar-refractivity contribution in [3.63, 3.8) is 0 Å². The molecule has 4 aromatic rings. The number of carbonyl (C=O) groups excluding carboxylic acids is 1. The van der Waals surface area contributed by atoms with Crippen LogP contribution in [-0.4, -0.2) is 33.0 Å². The molecule has 1 heterocycles. The van der Waals surface area contributed by atoms with Gasteiger partial charge in [-0.25, -0.2) is 8.42 Å². The SMILES string of the molecule is COc1ccc(N(C)S(=O)(=O)c2cccc(C(=O)Nc3cccc(-n4cccc4)c3)c2)cc1. The third-order valence-electron chi connectivity index (χ3n) is 5.20. The van der Waals surface area contributed by atoms with Crippen LogP contribution in [0.25, 0.3) is 5.69 Å². The number of ether oxygens (including phenoxy) is 1. The maximum atomic E-state index is 13.2. The summed E-state index contributed by atoms with van der Waals surface area (Å²) in [5.74, 6) is 0.230. The van der Waals surface area contributed by atoms with Crippen molar-refractivity contribution in [2.75, 3.05) is 23.8 Å². The average Bonchev–Trinajstić information content (AvgIpc) is 3.39. The average molecular weight is 462 g/mol. The number of hydrogen-bond donors (Lipinski definition) is 1. The second kappa shape index (κ2) is 9.22. The van der Waals surface area contributed by atoms with Gasteiger partial charge in [0.25, 0.3) is 15.9 Å². The molecule has 1 amide bonds. The van der Waals surface area contributed by atoms with Crippen molar-refractivity contribution < 1.29 is 17.9 Å². The number of carbonyl (C=O) groups is 1. The van der Waals surface area contributed by atoms with E-state index in [2.05, 4.69) is 5.32 Å². The van der Waals surface area contributed by atoms with Gasteiger partial charge >= 0.3 is 0 Å². The number of amides is 1. The summed E-state index contributed by atoms with van der Waals surface area (Å²) in [5.41, 5.74) is 2.23. The van der Waals surface area contributed by atoms with E-state index < -0.39 is 15.9 Å². The molecule has 0 bridgehead atoms. The van der Waals surface area contributed by atoms with Gasteiger partial charge in [-0.15, -0.1) is 0 Å². The van der Waals surface area contributed by atoms with Crippen LogP contribution in [0.1, 0.15) is 10.4 Å². The maximum absolute atomic E-state index is 13.2. The van der Waals surface area contributed by atoms with E-state index in [0.29, 0.717) is 17.1 Å². The van der Waals surface area contributed by atoms with Crippen LogP contribution in [0.15, 0.2) is 102 Å². The predicted octanol–water partition coefficient (Wildman–Crippen LogP) is 4.56. The van der Waals surface area contributed by atoms with Crippen LogP contribution in [0.4, 0.5) is 11.4 Å². The summed E-state index contributed by atoms with van der Waals surface area (Å²) in [6.07, 6.45) is 3.82. The lowest BCUT2D eigenvalue weighted by molar-refractivity contribution is 0.102. The summed E-state index contributed by atoms with van der Waals surface area (Å²) in [6, 6.07) is 23.9. The van der Waals surface area contributed by atoms with Gasteiger partial charge in [0.15, 0.2) is 0 Å². The van der Waals surface area contributed by atoms with Crippen molar-refractivity contribution >= 4 is 27.3 Å². The van der Waals surface area contributed by atoms with Crippen molar-refractivity contribution in [3.05, 3.63) is 103 Å². The van der Waals surface area contributed by atoms with Gasteiger partial charge in [0.2, 0.25) is 0 Å². The molecule has 0 radical (unpaired) electrons. The molecule has 0 aliphatic rings. The fourth-order valence-electron chi connectivity index (χ4n) is 3.34. The molecule has 0 spiro atoms. The molecule has 0 unspecified atom stereocenters. The smallest absolute Gasteiger partial charge is 0.264 e. The Morgan fingerprint density at radius 1 is 0.909 bits per heavy atom. The summed E-state index contributed by atoms with van der Waals surface area (Å²) in [4.78, 5) is 12.9. The standard InChI is InChI=1S/C25H23N3O4S/c1-27(21-11-13-23(32-2)14-12-21)33(30,31)24-10-5-7-19(17-24)25(29)26-20-8-6-9-22(18-20)28-15-3-4-16-28/h3-18H,1-2H3,(H,26,29). The zero-order chi connectivity index (χ0) is 23.4. The molecule has 168 valence electrons. The lowest BCUT2D eigenvalue weighted by Gasteiger charge is -2.20. The Labute approximate surface area is 192 Å². The third kappa shape index (κ3) is 4.75.